The summed E-state index contributed by atoms with van der Waals surface area (Å²) in [7, 11) is 0. The number of carbonyl (C=O) groups is 2. The van der Waals surface area contributed by atoms with Gasteiger partial charge >= 0.3 is 11.9 Å². The maximum atomic E-state index is 12.3. The van der Waals surface area contributed by atoms with E-state index in [1.165, 1.54) is 24.3 Å². The van der Waals surface area contributed by atoms with E-state index in [0.29, 0.717) is 25.7 Å². The Morgan fingerprint density at radius 2 is 1.00 bits per heavy atom. The summed E-state index contributed by atoms with van der Waals surface area (Å²) in [6.07, 6.45) is 1.79. The van der Waals surface area contributed by atoms with Crippen molar-refractivity contribution in [1.82, 2.24) is 0 Å². The van der Waals surface area contributed by atoms with Gasteiger partial charge in [0.15, 0.2) is 23.0 Å². The van der Waals surface area contributed by atoms with E-state index in [9.17, 15) is 30.0 Å². The number of aromatic hydroxyl groups is 4. The second-order valence-corrected chi connectivity index (χ2v) is 6.69. The molecule has 28 heavy (non-hydrogen) atoms. The fourth-order valence-corrected chi connectivity index (χ4v) is 3.10. The first kappa shape index (κ1) is 19.3. The van der Waals surface area contributed by atoms with Crippen molar-refractivity contribution in [2.24, 2.45) is 11.8 Å². The summed E-state index contributed by atoms with van der Waals surface area (Å²) in [5.74, 6) is -2.77. The van der Waals surface area contributed by atoms with E-state index in [1.54, 1.807) is 0 Å². The zero-order valence-electron chi connectivity index (χ0n) is 14.9. The van der Waals surface area contributed by atoms with Crippen LogP contribution in [0.15, 0.2) is 36.4 Å². The van der Waals surface area contributed by atoms with Gasteiger partial charge in [-0.2, -0.15) is 0 Å². The second kappa shape index (κ2) is 8.08. The lowest BCUT2D eigenvalue weighted by Gasteiger charge is -2.25. The average molecular weight is 388 g/mol. The van der Waals surface area contributed by atoms with E-state index < -0.39 is 11.9 Å². The first-order valence-electron chi connectivity index (χ1n) is 8.81. The molecule has 4 N–H and O–H groups in total. The number of phenols is 4. The minimum atomic E-state index is -0.458. The summed E-state index contributed by atoms with van der Waals surface area (Å²) in [5, 5.41) is 37.5. The Morgan fingerprint density at radius 3 is 1.32 bits per heavy atom. The number of phenolic OH excluding ortho intramolecular Hbond substituents is 4. The van der Waals surface area contributed by atoms with Crippen molar-refractivity contribution in [3.05, 3.63) is 36.4 Å². The minimum Gasteiger partial charge on any atom is -0.504 e. The van der Waals surface area contributed by atoms with Crippen molar-refractivity contribution in [3.8, 4) is 34.5 Å². The molecule has 2 aromatic rings. The predicted octanol–water partition coefficient (Wildman–Crippen LogP) is 2.83. The van der Waals surface area contributed by atoms with Crippen molar-refractivity contribution >= 4 is 11.9 Å². The highest BCUT2D eigenvalue weighted by Crippen LogP contribution is 2.34. The first-order chi connectivity index (χ1) is 13.3. The van der Waals surface area contributed by atoms with E-state index in [2.05, 4.69) is 0 Å². The maximum Gasteiger partial charge on any atom is 0.314 e. The predicted molar refractivity (Wildman–Crippen MR) is 96.3 cm³/mol. The molecule has 0 aliphatic heterocycles. The molecule has 1 fully saturated rings. The molecule has 1 aliphatic rings. The van der Waals surface area contributed by atoms with Gasteiger partial charge < -0.3 is 29.9 Å². The molecular formula is C20H20O8. The van der Waals surface area contributed by atoms with Gasteiger partial charge in [0.05, 0.1) is 11.8 Å². The molecule has 0 spiro atoms. The summed E-state index contributed by atoms with van der Waals surface area (Å²) < 4.78 is 10.5. The molecule has 0 atom stereocenters. The van der Waals surface area contributed by atoms with Gasteiger partial charge in [-0.25, -0.2) is 0 Å². The Labute approximate surface area is 160 Å². The van der Waals surface area contributed by atoms with Crippen LogP contribution in [-0.4, -0.2) is 32.4 Å². The lowest BCUT2D eigenvalue weighted by Crippen LogP contribution is -2.30. The lowest BCUT2D eigenvalue weighted by molar-refractivity contribution is -0.145. The summed E-state index contributed by atoms with van der Waals surface area (Å²) in [6, 6.07) is 7.52. The van der Waals surface area contributed by atoms with Crippen molar-refractivity contribution in [1.29, 1.82) is 0 Å². The lowest BCUT2D eigenvalue weighted by atomic mass is 9.82. The summed E-state index contributed by atoms with van der Waals surface area (Å²) in [4.78, 5) is 24.5. The van der Waals surface area contributed by atoms with E-state index in [-0.39, 0.29) is 46.3 Å². The molecule has 0 aromatic heterocycles. The fourth-order valence-electron chi connectivity index (χ4n) is 3.10. The second-order valence-electron chi connectivity index (χ2n) is 6.69. The van der Waals surface area contributed by atoms with Crippen LogP contribution < -0.4 is 9.47 Å². The molecule has 0 bridgehead atoms. The SMILES string of the molecule is O=C(Oc1ccc(O)c(O)c1)C1CCC(C(=O)Oc2ccc(O)c(O)c2)CC1. The van der Waals surface area contributed by atoms with Crippen LogP contribution in [0, 0.1) is 11.8 Å². The Bertz CT molecular complexity index is 810. The number of benzene rings is 2. The van der Waals surface area contributed by atoms with E-state index >= 15 is 0 Å². The smallest absolute Gasteiger partial charge is 0.314 e. The third-order valence-electron chi connectivity index (χ3n) is 4.72. The highest BCUT2D eigenvalue weighted by atomic mass is 16.5. The molecular weight excluding hydrogens is 368 g/mol. The number of hydrogen-bond acceptors (Lipinski definition) is 8. The van der Waals surface area contributed by atoms with Gasteiger partial charge in [-0.05, 0) is 49.9 Å². The molecule has 1 aliphatic carbocycles. The van der Waals surface area contributed by atoms with Gasteiger partial charge in [0.2, 0.25) is 0 Å². The molecule has 3 rings (SSSR count). The number of rotatable bonds is 4. The molecule has 8 nitrogen and oxygen atoms in total. The van der Waals surface area contributed by atoms with E-state index in [1.807, 2.05) is 0 Å². The Hall–Kier alpha value is -3.42. The molecule has 8 heteroatoms. The summed E-state index contributed by atoms with van der Waals surface area (Å²) in [5.41, 5.74) is 0. The zero-order chi connectivity index (χ0) is 20.3. The van der Waals surface area contributed by atoms with Crippen LogP contribution in [0.1, 0.15) is 25.7 Å². The molecule has 0 amide bonds. The van der Waals surface area contributed by atoms with Crippen LogP contribution in [0.25, 0.3) is 0 Å². The largest absolute Gasteiger partial charge is 0.504 e. The Balaban J connectivity index is 1.51. The first-order valence-corrected chi connectivity index (χ1v) is 8.81. The number of hydrogen-bond donors (Lipinski definition) is 4. The molecule has 0 unspecified atom stereocenters. The van der Waals surface area contributed by atoms with E-state index in [4.69, 9.17) is 9.47 Å². The van der Waals surface area contributed by atoms with Crippen molar-refractivity contribution < 1.29 is 39.5 Å². The van der Waals surface area contributed by atoms with Crippen LogP contribution in [0.2, 0.25) is 0 Å². The van der Waals surface area contributed by atoms with Crippen LogP contribution in [0.3, 0.4) is 0 Å². The highest BCUT2D eigenvalue weighted by Gasteiger charge is 2.32. The zero-order valence-corrected chi connectivity index (χ0v) is 14.9. The maximum absolute atomic E-state index is 12.3. The topological polar surface area (TPSA) is 134 Å². The number of esters is 2. The molecule has 2 aromatic carbocycles. The normalized spacial score (nSPS) is 19.0. The molecule has 0 saturated heterocycles. The van der Waals surface area contributed by atoms with E-state index in [0.717, 1.165) is 12.1 Å². The van der Waals surface area contributed by atoms with Gasteiger partial charge in [-0.1, -0.05) is 0 Å². The van der Waals surface area contributed by atoms with Crippen LogP contribution in [0.4, 0.5) is 0 Å². The highest BCUT2D eigenvalue weighted by molar-refractivity contribution is 5.78. The van der Waals surface area contributed by atoms with Gasteiger partial charge in [0.25, 0.3) is 0 Å². The van der Waals surface area contributed by atoms with Crippen molar-refractivity contribution in [2.75, 3.05) is 0 Å². The fraction of sp³-hybridized carbons (Fsp3) is 0.300. The number of carbonyl (C=O) groups excluding carboxylic acids is 2. The third-order valence-corrected chi connectivity index (χ3v) is 4.72. The van der Waals surface area contributed by atoms with Gasteiger partial charge in [0.1, 0.15) is 11.5 Å². The standard InChI is InChI=1S/C20H20O8/c21-15-7-5-13(9-17(15)23)27-19(25)11-1-2-12(4-3-11)20(26)28-14-6-8-16(22)18(24)10-14/h5-12,21-24H,1-4H2. The van der Waals surface area contributed by atoms with Gasteiger partial charge in [0, 0.05) is 12.1 Å². The van der Waals surface area contributed by atoms with Gasteiger partial charge in [-0.3, -0.25) is 9.59 Å². The molecule has 148 valence electrons. The summed E-state index contributed by atoms with van der Waals surface area (Å²) >= 11 is 0. The molecule has 0 radical (unpaired) electrons. The quantitative estimate of drug-likeness (QED) is 0.357. The minimum absolute atomic E-state index is 0.133. The van der Waals surface area contributed by atoms with Crippen LogP contribution in [-0.2, 0) is 9.59 Å². The van der Waals surface area contributed by atoms with Crippen LogP contribution >= 0.6 is 0 Å². The monoisotopic (exact) mass is 388 g/mol. The molecule has 1 saturated carbocycles. The van der Waals surface area contributed by atoms with Gasteiger partial charge in [-0.15, -0.1) is 0 Å². The Kier molecular flexibility index (Phi) is 5.58. The third kappa shape index (κ3) is 4.46. The molecule has 0 heterocycles. The summed E-state index contributed by atoms with van der Waals surface area (Å²) in [6.45, 7) is 0. The average Bonchev–Trinajstić information content (AvgIpc) is 2.67. The van der Waals surface area contributed by atoms with Crippen LogP contribution in [0.5, 0.6) is 34.5 Å². The number of ether oxygens (including phenoxy) is 2. The van der Waals surface area contributed by atoms with Crippen molar-refractivity contribution in [3.63, 3.8) is 0 Å². The Morgan fingerprint density at radius 1 is 0.643 bits per heavy atom. The van der Waals surface area contributed by atoms with Crippen molar-refractivity contribution in [2.45, 2.75) is 25.7 Å².